The molecule has 8 nitrogen and oxygen atoms in total. The standard InChI is InChI=1S/C22H20ClN5O3/c1-14(31-18-9-5-16(23)6-10-18)22(29)24-13-21-26-25-20-12-11-19(27-28(20)21)15-3-7-17(30-2)8-4-15/h3-12,14H,13H2,1-2H3,(H,24,29). The first-order valence-electron chi connectivity index (χ1n) is 9.59. The number of hydrogen-bond donors (Lipinski definition) is 1. The first kappa shape index (κ1) is 20.6. The van der Waals surface area contributed by atoms with Gasteiger partial charge < -0.3 is 14.8 Å². The van der Waals surface area contributed by atoms with Crippen molar-refractivity contribution in [3.05, 3.63) is 71.5 Å². The average Bonchev–Trinajstić information content (AvgIpc) is 3.21. The molecule has 0 aliphatic rings. The third-order valence-electron chi connectivity index (χ3n) is 4.63. The fourth-order valence-corrected chi connectivity index (χ4v) is 3.07. The van der Waals surface area contributed by atoms with E-state index in [-0.39, 0.29) is 12.5 Å². The van der Waals surface area contributed by atoms with E-state index in [2.05, 4.69) is 20.6 Å². The quantitative estimate of drug-likeness (QED) is 0.475. The van der Waals surface area contributed by atoms with Crippen LogP contribution in [-0.4, -0.2) is 38.9 Å². The highest BCUT2D eigenvalue weighted by atomic mass is 35.5. The summed E-state index contributed by atoms with van der Waals surface area (Å²) in [6.45, 7) is 1.83. The van der Waals surface area contributed by atoms with Crippen LogP contribution in [0.25, 0.3) is 16.9 Å². The van der Waals surface area contributed by atoms with Crippen LogP contribution in [-0.2, 0) is 11.3 Å². The second-order valence-electron chi connectivity index (χ2n) is 6.77. The smallest absolute Gasteiger partial charge is 0.261 e. The Labute approximate surface area is 183 Å². The summed E-state index contributed by atoms with van der Waals surface area (Å²) in [5.74, 6) is 1.56. The number of nitrogens with zero attached hydrogens (tertiary/aromatic N) is 4. The summed E-state index contributed by atoms with van der Waals surface area (Å²) in [4.78, 5) is 12.4. The van der Waals surface area contributed by atoms with E-state index in [0.29, 0.717) is 22.2 Å². The third-order valence-corrected chi connectivity index (χ3v) is 4.88. The lowest BCUT2D eigenvalue weighted by molar-refractivity contribution is -0.127. The lowest BCUT2D eigenvalue weighted by Crippen LogP contribution is -2.36. The van der Waals surface area contributed by atoms with Gasteiger partial charge in [0.25, 0.3) is 5.91 Å². The molecule has 1 amide bonds. The zero-order chi connectivity index (χ0) is 21.8. The molecule has 0 aliphatic heterocycles. The lowest BCUT2D eigenvalue weighted by Gasteiger charge is -2.14. The van der Waals surface area contributed by atoms with Gasteiger partial charge in [0, 0.05) is 10.6 Å². The number of carbonyl (C=O) groups excluding carboxylic acids is 1. The van der Waals surface area contributed by atoms with Gasteiger partial charge >= 0.3 is 0 Å². The molecule has 1 atom stereocenters. The summed E-state index contributed by atoms with van der Waals surface area (Å²) in [6.07, 6.45) is -0.691. The largest absolute Gasteiger partial charge is 0.497 e. The molecule has 158 valence electrons. The Morgan fingerprint density at radius 2 is 1.74 bits per heavy atom. The maximum Gasteiger partial charge on any atom is 0.261 e. The van der Waals surface area contributed by atoms with Crippen molar-refractivity contribution in [2.75, 3.05) is 7.11 Å². The molecule has 0 saturated carbocycles. The van der Waals surface area contributed by atoms with Crippen molar-refractivity contribution >= 4 is 23.2 Å². The number of ether oxygens (including phenoxy) is 2. The summed E-state index contributed by atoms with van der Waals surface area (Å²) in [5.41, 5.74) is 2.27. The van der Waals surface area contributed by atoms with Crippen LogP contribution in [0.4, 0.5) is 0 Å². The monoisotopic (exact) mass is 437 g/mol. The van der Waals surface area contributed by atoms with Crippen LogP contribution in [0.1, 0.15) is 12.7 Å². The van der Waals surface area contributed by atoms with Gasteiger partial charge in [0.2, 0.25) is 0 Å². The summed E-state index contributed by atoms with van der Waals surface area (Å²) in [5, 5.41) is 16.3. The molecule has 31 heavy (non-hydrogen) atoms. The van der Waals surface area contributed by atoms with Gasteiger partial charge in [0.15, 0.2) is 17.6 Å². The minimum Gasteiger partial charge on any atom is -0.497 e. The Balaban J connectivity index is 1.45. The Kier molecular flexibility index (Phi) is 5.99. The lowest BCUT2D eigenvalue weighted by atomic mass is 10.1. The van der Waals surface area contributed by atoms with Crippen molar-refractivity contribution in [2.24, 2.45) is 0 Å². The number of hydrogen-bond acceptors (Lipinski definition) is 6. The van der Waals surface area contributed by atoms with E-state index in [9.17, 15) is 4.79 Å². The van der Waals surface area contributed by atoms with Gasteiger partial charge in [-0.1, -0.05) is 11.6 Å². The topological polar surface area (TPSA) is 90.6 Å². The molecular weight excluding hydrogens is 418 g/mol. The molecule has 0 bridgehead atoms. The van der Waals surface area contributed by atoms with Crippen molar-refractivity contribution in [1.82, 2.24) is 25.1 Å². The maximum absolute atomic E-state index is 12.4. The molecular formula is C22H20ClN5O3. The summed E-state index contributed by atoms with van der Waals surface area (Å²) >= 11 is 5.87. The molecule has 9 heteroatoms. The minimum atomic E-state index is -0.691. The minimum absolute atomic E-state index is 0.160. The number of aromatic nitrogens is 4. The predicted octanol–water partition coefficient (Wildman–Crippen LogP) is 3.54. The number of carbonyl (C=O) groups is 1. The van der Waals surface area contributed by atoms with Crippen LogP contribution < -0.4 is 14.8 Å². The van der Waals surface area contributed by atoms with Gasteiger partial charge in [0.05, 0.1) is 19.3 Å². The van der Waals surface area contributed by atoms with E-state index in [1.54, 1.807) is 42.8 Å². The molecule has 4 rings (SSSR count). The molecule has 4 aromatic rings. The predicted molar refractivity (Wildman–Crippen MR) is 116 cm³/mol. The fraction of sp³-hybridized carbons (Fsp3) is 0.182. The van der Waals surface area contributed by atoms with E-state index in [1.807, 2.05) is 36.4 Å². The number of rotatable bonds is 7. The number of methoxy groups -OCH3 is 1. The molecule has 0 saturated heterocycles. The van der Waals surface area contributed by atoms with E-state index < -0.39 is 6.10 Å². The normalized spacial score (nSPS) is 11.8. The number of fused-ring (bicyclic) bond motifs is 1. The Morgan fingerprint density at radius 1 is 1.03 bits per heavy atom. The average molecular weight is 438 g/mol. The fourth-order valence-electron chi connectivity index (χ4n) is 2.94. The Hall–Kier alpha value is -3.65. The van der Waals surface area contributed by atoms with Crippen LogP contribution in [0.3, 0.4) is 0 Å². The van der Waals surface area contributed by atoms with E-state index in [4.69, 9.17) is 21.1 Å². The van der Waals surface area contributed by atoms with Crippen molar-refractivity contribution in [1.29, 1.82) is 0 Å². The molecule has 0 aliphatic carbocycles. The molecule has 2 heterocycles. The van der Waals surface area contributed by atoms with Gasteiger partial charge in [0.1, 0.15) is 11.5 Å². The number of nitrogens with one attached hydrogen (secondary N) is 1. The number of halogens is 1. The maximum atomic E-state index is 12.4. The van der Waals surface area contributed by atoms with Crippen LogP contribution >= 0.6 is 11.6 Å². The van der Waals surface area contributed by atoms with Gasteiger partial charge in [-0.05, 0) is 67.6 Å². The van der Waals surface area contributed by atoms with Gasteiger partial charge in [-0.2, -0.15) is 9.61 Å². The molecule has 0 radical (unpaired) electrons. The summed E-state index contributed by atoms with van der Waals surface area (Å²) in [6, 6.07) is 18.1. The first-order chi connectivity index (χ1) is 15.0. The Bertz CT molecular complexity index is 1190. The highest BCUT2D eigenvalue weighted by Gasteiger charge is 2.16. The van der Waals surface area contributed by atoms with Crippen molar-refractivity contribution in [3.63, 3.8) is 0 Å². The first-order valence-corrected chi connectivity index (χ1v) is 9.97. The van der Waals surface area contributed by atoms with Crippen LogP contribution in [0.2, 0.25) is 5.02 Å². The van der Waals surface area contributed by atoms with Crippen LogP contribution in [0.15, 0.2) is 60.7 Å². The van der Waals surface area contributed by atoms with Crippen LogP contribution in [0, 0.1) is 0 Å². The van der Waals surface area contributed by atoms with Crippen molar-refractivity contribution in [3.8, 4) is 22.8 Å². The van der Waals surface area contributed by atoms with Gasteiger partial charge in [-0.15, -0.1) is 10.2 Å². The second kappa shape index (κ2) is 9.01. The van der Waals surface area contributed by atoms with Gasteiger partial charge in [-0.25, -0.2) is 0 Å². The van der Waals surface area contributed by atoms with E-state index in [0.717, 1.165) is 17.0 Å². The second-order valence-corrected chi connectivity index (χ2v) is 7.20. The van der Waals surface area contributed by atoms with Crippen molar-refractivity contribution < 1.29 is 14.3 Å². The van der Waals surface area contributed by atoms with E-state index in [1.165, 1.54) is 0 Å². The van der Waals surface area contributed by atoms with E-state index >= 15 is 0 Å². The summed E-state index contributed by atoms with van der Waals surface area (Å²) in [7, 11) is 1.62. The molecule has 0 fully saturated rings. The molecule has 2 aromatic carbocycles. The third kappa shape index (κ3) is 4.75. The molecule has 1 N–H and O–H groups in total. The Morgan fingerprint density at radius 3 is 2.45 bits per heavy atom. The summed E-state index contributed by atoms with van der Waals surface area (Å²) < 4.78 is 12.5. The molecule has 0 spiro atoms. The van der Waals surface area contributed by atoms with Crippen LogP contribution in [0.5, 0.6) is 11.5 Å². The number of benzene rings is 2. The number of amides is 1. The highest BCUT2D eigenvalue weighted by molar-refractivity contribution is 6.30. The van der Waals surface area contributed by atoms with Gasteiger partial charge in [-0.3, -0.25) is 4.79 Å². The highest BCUT2D eigenvalue weighted by Crippen LogP contribution is 2.21. The SMILES string of the molecule is COc1ccc(-c2ccc3nnc(CNC(=O)C(C)Oc4ccc(Cl)cc4)n3n2)cc1. The zero-order valence-corrected chi connectivity index (χ0v) is 17.7. The molecule has 2 aromatic heterocycles. The van der Waals surface area contributed by atoms with Crippen molar-refractivity contribution in [2.45, 2.75) is 19.6 Å². The zero-order valence-electron chi connectivity index (χ0n) is 16.9. The molecule has 1 unspecified atom stereocenters.